The molecular formula is C23H31N3O4S. The highest BCUT2D eigenvalue weighted by atomic mass is 32.2. The van der Waals surface area contributed by atoms with E-state index in [1.54, 1.807) is 11.8 Å². The number of β-amino-alcohol motifs (C(OH)–C–C–N with tert-alkyl or cyclic N) is 1. The van der Waals surface area contributed by atoms with Crippen molar-refractivity contribution in [3.63, 3.8) is 0 Å². The Balaban J connectivity index is 1.63. The zero-order chi connectivity index (χ0) is 22.3. The summed E-state index contributed by atoms with van der Waals surface area (Å²) < 4.78 is -0.634. The summed E-state index contributed by atoms with van der Waals surface area (Å²) in [6.45, 7) is 6.17. The molecule has 0 aliphatic carbocycles. The van der Waals surface area contributed by atoms with Gasteiger partial charge in [-0.3, -0.25) is 14.4 Å². The van der Waals surface area contributed by atoms with E-state index in [0.29, 0.717) is 6.54 Å². The average molecular weight is 446 g/mol. The van der Waals surface area contributed by atoms with E-state index in [4.69, 9.17) is 0 Å². The van der Waals surface area contributed by atoms with Crippen molar-refractivity contribution in [2.75, 3.05) is 13.2 Å². The van der Waals surface area contributed by atoms with E-state index < -0.39 is 22.6 Å². The van der Waals surface area contributed by atoms with Crippen molar-refractivity contribution in [1.82, 2.24) is 15.5 Å². The maximum absolute atomic E-state index is 13.5. The van der Waals surface area contributed by atoms with Gasteiger partial charge in [0.15, 0.2) is 0 Å². The molecule has 1 spiro atoms. The second-order valence-corrected chi connectivity index (χ2v) is 10.7. The van der Waals surface area contributed by atoms with Crippen LogP contribution in [0.2, 0.25) is 0 Å². The number of nitrogens with one attached hydrogen (secondary N) is 2. The summed E-state index contributed by atoms with van der Waals surface area (Å²) in [7, 11) is 0. The minimum Gasteiger partial charge on any atom is -0.395 e. The fraction of sp³-hybridized carbons (Fsp3) is 0.609. The van der Waals surface area contributed by atoms with Crippen LogP contribution in [0.3, 0.4) is 0 Å². The Morgan fingerprint density at radius 3 is 2.61 bits per heavy atom. The summed E-state index contributed by atoms with van der Waals surface area (Å²) >= 11 is 1.65. The lowest BCUT2D eigenvalue weighted by Crippen LogP contribution is -2.57. The van der Waals surface area contributed by atoms with Crippen molar-refractivity contribution in [2.24, 2.45) is 17.8 Å². The minimum absolute atomic E-state index is 0.0188. The van der Waals surface area contributed by atoms with Crippen LogP contribution in [0.5, 0.6) is 0 Å². The third-order valence-corrected chi connectivity index (χ3v) is 8.95. The Hall–Kier alpha value is -2.06. The topological polar surface area (TPSA) is 98.7 Å². The first-order chi connectivity index (χ1) is 14.8. The zero-order valence-electron chi connectivity index (χ0n) is 18.2. The Bertz CT molecular complexity index is 864. The van der Waals surface area contributed by atoms with E-state index in [9.17, 15) is 19.5 Å². The van der Waals surface area contributed by atoms with Crippen LogP contribution in [0.25, 0.3) is 0 Å². The molecule has 0 saturated carbocycles. The number of hydrogen-bond donors (Lipinski definition) is 3. The van der Waals surface area contributed by atoms with Gasteiger partial charge in [-0.05, 0) is 31.7 Å². The molecule has 0 radical (unpaired) electrons. The molecule has 3 heterocycles. The van der Waals surface area contributed by atoms with Crippen molar-refractivity contribution in [2.45, 2.75) is 55.8 Å². The molecule has 3 N–H and O–H groups in total. The van der Waals surface area contributed by atoms with E-state index in [-0.39, 0.29) is 48.1 Å². The number of nitrogens with zero attached hydrogens (tertiary/aromatic N) is 1. The Labute approximate surface area is 187 Å². The van der Waals surface area contributed by atoms with E-state index in [1.807, 2.05) is 44.2 Å². The van der Waals surface area contributed by atoms with Crippen LogP contribution in [0.4, 0.5) is 0 Å². The van der Waals surface area contributed by atoms with E-state index in [1.165, 1.54) is 4.90 Å². The van der Waals surface area contributed by atoms with Gasteiger partial charge in [-0.1, -0.05) is 37.3 Å². The van der Waals surface area contributed by atoms with Crippen molar-refractivity contribution in [3.05, 3.63) is 35.9 Å². The van der Waals surface area contributed by atoms with Crippen LogP contribution in [-0.2, 0) is 20.9 Å². The normalized spacial score (nSPS) is 33.6. The molecule has 3 unspecified atom stereocenters. The Morgan fingerprint density at radius 1 is 1.26 bits per heavy atom. The van der Waals surface area contributed by atoms with Gasteiger partial charge in [-0.25, -0.2) is 0 Å². The number of fused-ring (bicyclic) bond motifs is 1. The van der Waals surface area contributed by atoms with Crippen molar-refractivity contribution >= 4 is 29.5 Å². The molecule has 3 fully saturated rings. The number of aliphatic hydroxyl groups is 1. The van der Waals surface area contributed by atoms with Gasteiger partial charge in [0.1, 0.15) is 6.04 Å². The molecule has 168 valence electrons. The van der Waals surface area contributed by atoms with Crippen LogP contribution in [0.1, 0.15) is 32.8 Å². The number of likely N-dealkylation sites (tertiary alicyclic amines) is 1. The molecule has 0 aromatic heterocycles. The van der Waals surface area contributed by atoms with Crippen molar-refractivity contribution in [1.29, 1.82) is 0 Å². The highest BCUT2D eigenvalue weighted by Crippen LogP contribution is 2.68. The second-order valence-electron chi connectivity index (χ2n) is 9.17. The number of amides is 3. The van der Waals surface area contributed by atoms with Gasteiger partial charge < -0.3 is 20.6 Å². The number of carbonyl (C=O) groups excluding carboxylic acids is 3. The first kappa shape index (κ1) is 22.1. The summed E-state index contributed by atoms with van der Waals surface area (Å²) in [5, 5.41) is 15.6. The second kappa shape index (κ2) is 8.47. The van der Waals surface area contributed by atoms with Crippen LogP contribution < -0.4 is 10.6 Å². The molecule has 3 saturated heterocycles. The number of benzene rings is 1. The van der Waals surface area contributed by atoms with Gasteiger partial charge >= 0.3 is 0 Å². The number of thioether (sulfide) groups is 1. The standard InChI is InChI=1S/C23H31N3O4S/c1-13(2)25-21(29)19-23-14(3)11-16(31-23)17(18(23)22(30)26(19)9-10-27)20(28)24-12-15-7-5-4-6-8-15/h4-8,13-14,16-19,27H,9-12H2,1-3H3,(H,24,28)(H,25,29)/t14?,16-,17+,18+,19?,23?/m1/s1. The summed E-state index contributed by atoms with van der Waals surface area (Å²) in [5.41, 5.74) is 1.00. The van der Waals surface area contributed by atoms with Gasteiger partial charge in [0.25, 0.3) is 0 Å². The van der Waals surface area contributed by atoms with Gasteiger partial charge in [-0.15, -0.1) is 11.8 Å². The minimum atomic E-state index is -0.670. The lowest BCUT2D eigenvalue weighted by atomic mass is 9.66. The first-order valence-electron chi connectivity index (χ1n) is 11.0. The Morgan fingerprint density at radius 2 is 1.97 bits per heavy atom. The predicted molar refractivity (Wildman–Crippen MR) is 119 cm³/mol. The molecule has 3 amide bonds. The molecule has 31 heavy (non-hydrogen) atoms. The predicted octanol–water partition coefficient (Wildman–Crippen LogP) is 1.16. The fourth-order valence-electron chi connectivity index (χ4n) is 5.73. The maximum atomic E-state index is 13.5. The first-order valence-corrected chi connectivity index (χ1v) is 11.9. The molecule has 3 aliphatic heterocycles. The van der Waals surface area contributed by atoms with Crippen LogP contribution in [0, 0.1) is 17.8 Å². The lowest BCUT2D eigenvalue weighted by molar-refractivity contribution is -0.140. The highest BCUT2D eigenvalue weighted by Gasteiger charge is 2.75. The summed E-state index contributed by atoms with van der Waals surface area (Å²) in [6, 6.07) is 8.96. The molecule has 3 aliphatic rings. The fourth-order valence-corrected chi connectivity index (χ4v) is 8.16. The Kier molecular flexibility index (Phi) is 6.05. The third-order valence-electron chi connectivity index (χ3n) is 6.88. The molecule has 2 bridgehead atoms. The van der Waals surface area contributed by atoms with E-state index in [2.05, 4.69) is 17.6 Å². The number of aliphatic hydroxyl groups excluding tert-OH is 1. The number of hydrogen-bond acceptors (Lipinski definition) is 5. The van der Waals surface area contributed by atoms with E-state index in [0.717, 1.165) is 12.0 Å². The molecule has 6 atom stereocenters. The molecule has 7 nitrogen and oxygen atoms in total. The van der Waals surface area contributed by atoms with Crippen LogP contribution in [0.15, 0.2) is 30.3 Å². The smallest absolute Gasteiger partial charge is 0.244 e. The van der Waals surface area contributed by atoms with Gasteiger partial charge in [0.05, 0.1) is 23.2 Å². The van der Waals surface area contributed by atoms with Crippen molar-refractivity contribution < 1.29 is 19.5 Å². The highest BCUT2D eigenvalue weighted by molar-refractivity contribution is 8.02. The summed E-state index contributed by atoms with van der Waals surface area (Å²) in [4.78, 5) is 41.6. The van der Waals surface area contributed by atoms with Gasteiger partial charge in [-0.2, -0.15) is 0 Å². The van der Waals surface area contributed by atoms with Crippen LogP contribution in [-0.4, -0.2) is 63.0 Å². The maximum Gasteiger partial charge on any atom is 0.244 e. The molecule has 1 aromatic carbocycles. The molecular weight excluding hydrogens is 414 g/mol. The SMILES string of the molecule is CC(C)NC(=O)C1N(CCO)C(=O)[C@@H]2[C@@H](C(=O)NCc3ccccc3)[C@H]3CC(C)C12S3. The summed E-state index contributed by atoms with van der Waals surface area (Å²) in [6.07, 6.45) is 0.802. The van der Waals surface area contributed by atoms with Gasteiger partial charge in [0, 0.05) is 24.4 Å². The lowest BCUT2D eigenvalue weighted by Gasteiger charge is -2.38. The third kappa shape index (κ3) is 3.53. The van der Waals surface area contributed by atoms with E-state index >= 15 is 0 Å². The molecule has 8 heteroatoms. The monoisotopic (exact) mass is 445 g/mol. The number of rotatable bonds is 7. The molecule has 4 rings (SSSR count). The largest absolute Gasteiger partial charge is 0.395 e. The average Bonchev–Trinajstić information content (AvgIpc) is 3.31. The van der Waals surface area contributed by atoms with Crippen LogP contribution >= 0.6 is 11.8 Å². The summed E-state index contributed by atoms with van der Waals surface area (Å²) in [5.74, 6) is -1.38. The van der Waals surface area contributed by atoms with Crippen molar-refractivity contribution in [3.8, 4) is 0 Å². The number of carbonyl (C=O) groups is 3. The quantitative estimate of drug-likeness (QED) is 0.585. The van der Waals surface area contributed by atoms with Gasteiger partial charge in [0.2, 0.25) is 17.7 Å². The molecule has 1 aromatic rings. The zero-order valence-corrected chi connectivity index (χ0v) is 19.0.